The summed E-state index contributed by atoms with van der Waals surface area (Å²) in [6.45, 7) is 4.33. The van der Waals surface area contributed by atoms with Gasteiger partial charge in [0.25, 0.3) is 0 Å². The smallest absolute Gasteiger partial charge is 0.331 e. The van der Waals surface area contributed by atoms with E-state index < -0.39 is 5.97 Å². The molecule has 0 fully saturated rings. The molecule has 0 aromatic carbocycles. The van der Waals surface area contributed by atoms with E-state index >= 15 is 0 Å². The van der Waals surface area contributed by atoms with E-state index in [0.29, 0.717) is 18.5 Å². The molecule has 0 spiro atoms. The fourth-order valence-electron chi connectivity index (χ4n) is 1.38. The molecule has 4 heteroatoms. The minimum absolute atomic E-state index is 0.0816. The predicted molar refractivity (Wildman–Crippen MR) is 61.1 cm³/mol. The molecule has 0 aliphatic carbocycles. The van der Waals surface area contributed by atoms with E-state index in [9.17, 15) is 4.79 Å². The second-order valence-electron chi connectivity index (χ2n) is 3.53. The highest BCUT2D eigenvalue weighted by Crippen LogP contribution is 2.11. The minimum atomic E-state index is -0.852. The molecule has 1 aromatic rings. The molecular weight excluding hydrogens is 206 g/mol. The van der Waals surface area contributed by atoms with Gasteiger partial charge in [0.1, 0.15) is 5.76 Å². The van der Waals surface area contributed by atoms with Gasteiger partial charge >= 0.3 is 5.97 Å². The van der Waals surface area contributed by atoms with Gasteiger partial charge in [-0.1, -0.05) is 13.0 Å². The number of hydrogen-bond acceptors (Lipinski definition) is 3. The van der Waals surface area contributed by atoms with Crippen LogP contribution in [0.2, 0.25) is 0 Å². The van der Waals surface area contributed by atoms with Crippen LogP contribution in [-0.4, -0.2) is 17.6 Å². The highest BCUT2D eigenvalue weighted by atomic mass is 16.4. The average molecular weight is 223 g/mol. The van der Waals surface area contributed by atoms with Crippen molar-refractivity contribution < 1.29 is 14.3 Å². The molecular formula is C12H17NO3. The maximum atomic E-state index is 10.7. The van der Waals surface area contributed by atoms with E-state index in [-0.39, 0.29) is 6.04 Å². The van der Waals surface area contributed by atoms with Crippen molar-refractivity contribution in [2.75, 3.05) is 6.54 Å². The van der Waals surface area contributed by atoms with Crippen molar-refractivity contribution in [3.63, 3.8) is 0 Å². The Morgan fingerprint density at radius 1 is 1.69 bits per heavy atom. The molecule has 1 aromatic heterocycles. The van der Waals surface area contributed by atoms with Gasteiger partial charge in [-0.15, -0.1) is 0 Å². The van der Waals surface area contributed by atoms with Gasteiger partial charge in [-0.05, 0) is 25.5 Å². The Morgan fingerprint density at radius 2 is 2.44 bits per heavy atom. The van der Waals surface area contributed by atoms with E-state index in [1.54, 1.807) is 12.3 Å². The van der Waals surface area contributed by atoms with Gasteiger partial charge in [-0.3, -0.25) is 0 Å². The molecule has 1 rings (SSSR count). The summed E-state index contributed by atoms with van der Waals surface area (Å²) in [6, 6.07) is 3.80. The number of rotatable bonds is 6. The lowest BCUT2D eigenvalue weighted by Crippen LogP contribution is -2.19. The van der Waals surface area contributed by atoms with Crippen LogP contribution < -0.4 is 5.32 Å². The van der Waals surface area contributed by atoms with Crippen LogP contribution >= 0.6 is 0 Å². The van der Waals surface area contributed by atoms with Crippen LogP contribution in [0.5, 0.6) is 0 Å². The number of nitrogens with one attached hydrogen (secondary N) is 1. The number of carbonyl (C=O) groups is 1. The van der Waals surface area contributed by atoms with Crippen molar-refractivity contribution >= 4 is 5.97 Å². The highest BCUT2D eigenvalue weighted by molar-refractivity contribution is 5.86. The summed E-state index contributed by atoms with van der Waals surface area (Å²) in [5.74, 6) is -0.00303. The lowest BCUT2D eigenvalue weighted by molar-refractivity contribution is -0.132. The summed E-state index contributed by atoms with van der Waals surface area (Å²) in [5.41, 5.74) is 0.430. The van der Waals surface area contributed by atoms with Crippen molar-refractivity contribution in [1.82, 2.24) is 5.32 Å². The minimum Gasteiger partial charge on any atom is -0.478 e. The summed E-state index contributed by atoms with van der Waals surface area (Å²) in [4.78, 5) is 10.7. The molecule has 0 bridgehead atoms. The van der Waals surface area contributed by atoms with Gasteiger partial charge in [-0.25, -0.2) is 4.79 Å². The number of aliphatic carboxylic acids is 1. The maximum Gasteiger partial charge on any atom is 0.331 e. The monoisotopic (exact) mass is 223 g/mol. The van der Waals surface area contributed by atoms with Gasteiger partial charge in [0.2, 0.25) is 0 Å². The third kappa shape index (κ3) is 3.55. The molecule has 0 saturated heterocycles. The molecule has 2 N–H and O–H groups in total. The predicted octanol–water partition coefficient (Wildman–Crippen LogP) is 2.35. The molecule has 0 aliphatic heterocycles. The van der Waals surface area contributed by atoms with E-state index in [1.807, 2.05) is 26.0 Å². The average Bonchev–Trinajstić information content (AvgIpc) is 2.76. The van der Waals surface area contributed by atoms with Crippen LogP contribution in [0.1, 0.15) is 32.1 Å². The van der Waals surface area contributed by atoms with Gasteiger partial charge in [0.15, 0.2) is 0 Å². The Labute approximate surface area is 95.0 Å². The molecule has 88 valence electrons. The third-order valence-corrected chi connectivity index (χ3v) is 2.40. The fraction of sp³-hybridized carbons (Fsp3) is 0.417. The van der Waals surface area contributed by atoms with Crippen molar-refractivity contribution in [3.8, 4) is 0 Å². The maximum absolute atomic E-state index is 10.7. The van der Waals surface area contributed by atoms with Crippen LogP contribution in [0.15, 0.2) is 34.5 Å². The van der Waals surface area contributed by atoms with Crippen molar-refractivity contribution in [1.29, 1.82) is 0 Å². The zero-order valence-electron chi connectivity index (χ0n) is 9.56. The first-order valence-corrected chi connectivity index (χ1v) is 5.34. The molecule has 1 unspecified atom stereocenters. The highest BCUT2D eigenvalue weighted by Gasteiger charge is 2.07. The van der Waals surface area contributed by atoms with Crippen LogP contribution in [0, 0.1) is 0 Å². The largest absolute Gasteiger partial charge is 0.478 e. The molecule has 16 heavy (non-hydrogen) atoms. The van der Waals surface area contributed by atoms with E-state index in [2.05, 4.69) is 5.32 Å². The first-order chi connectivity index (χ1) is 7.65. The Kier molecular flexibility index (Phi) is 4.79. The van der Waals surface area contributed by atoms with Gasteiger partial charge in [-0.2, -0.15) is 0 Å². The second-order valence-corrected chi connectivity index (χ2v) is 3.53. The Balaban J connectivity index is 2.43. The van der Waals surface area contributed by atoms with Crippen molar-refractivity contribution in [3.05, 3.63) is 35.8 Å². The van der Waals surface area contributed by atoms with Crippen molar-refractivity contribution in [2.24, 2.45) is 0 Å². The zero-order valence-corrected chi connectivity index (χ0v) is 9.56. The zero-order chi connectivity index (χ0) is 12.0. The molecule has 0 aliphatic rings. The summed E-state index contributed by atoms with van der Waals surface area (Å²) >= 11 is 0. The number of hydrogen-bond donors (Lipinski definition) is 2. The van der Waals surface area contributed by atoms with Crippen LogP contribution in [0.4, 0.5) is 0 Å². The second kappa shape index (κ2) is 6.12. The standard InChI is InChI=1S/C12H17NO3/c1-3-10(12(14)15)6-7-13-9(2)11-5-4-8-16-11/h4-6,8-9,13H,3,7H2,1-2H3,(H,14,15)/b10-6-. The summed E-state index contributed by atoms with van der Waals surface area (Å²) in [5, 5.41) is 12.0. The van der Waals surface area contributed by atoms with E-state index in [0.717, 1.165) is 5.76 Å². The van der Waals surface area contributed by atoms with Crippen LogP contribution in [0.25, 0.3) is 0 Å². The molecule has 4 nitrogen and oxygen atoms in total. The molecule has 1 atom stereocenters. The quantitative estimate of drug-likeness (QED) is 0.727. The van der Waals surface area contributed by atoms with Crippen LogP contribution in [-0.2, 0) is 4.79 Å². The number of carboxylic acid groups (broad SMARTS) is 1. The summed E-state index contributed by atoms with van der Waals surface area (Å²) in [7, 11) is 0. The van der Waals surface area contributed by atoms with Gasteiger partial charge in [0, 0.05) is 12.1 Å². The third-order valence-electron chi connectivity index (χ3n) is 2.40. The van der Waals surface area contributed by atoms with Gasteiger partial charge < -0.3 is 14.8 Å². The molecule has 0 radical (unpaired) electrons. The summed E-state index contributed by atoms with van der Waals surface area (Å²) < 4.78 is 5.23. The van der Waals surface area contributed by atoms with Gasteiger partial charge in [0.05, 0.1) is 12.3 Å². The Hall–Kier alpha value is -1.55. The van der Waals surface area contributed by atoms with E-state index in [4.69, 9.17) is 9.52 Å². The first-order valence-electron chi connectivity index (χ1n) is 5.34. The van der Waals surface area contributed by atoms with Crippen molar-refractivity contribution in [2.45, 2.75) is 26.3 Å². The number of furan rings is 1. The topological polar surface area (TPSA) is 62.5 Å². The first kappa shape index (κ1) is 12.5. The lowest BCUT2D eigenvalue weighted by atomic mass is 10.2. The normalized spacial score (nSPS) is 13.8. The fourth-order valence-corrected chi connectivity index (χ4v) is 1.38. The van der Waals surface area contributed by atoms with E-state index in [1.165, 1.54) is 0 Å². The number of carboxylic acids is 1. The molecule has 0 saturated carbocycles. The molecule has 0 amide bonds. The van der Waals surface area contributed by atoms with Crippen LogP contribution in [0.3, 0.4) is 0 Å². The Bertz CT molecular complexity index is 354. The lowest BCUT2D eigenvalue weighted by Gasteiger charge is -2.09. The Morgan fingerprint density at radius 3 is 2.94 bits per heavy atom. The summed E-state index contributed by atoms with van der Waals surface area (Å²) in [6.07, 6.45) is 3.85. The SMILES string of the molecule is CC/C(=C/CNC(C)c1ccco1)C(=O)O. The molecule has 1 heterocycles.